The fraction of sp³-hybridized carbons (Fsp3) is 0.600. The zero-order valence-electron chi connectivity index (χ0n) is 11.2. The first-order valence-electron chi connectivity index (χ1n) is 6.76. The van der Waals surface area contributed by atoms with Gasteiger partial charge in [0, 0.05) is 23.8 Å². The quantitative estimate of drug-likeness (QED) is 0.903. The van der Waals surface area contributed by atoms with Gasteiger partial charge in [0.25, 0.3) is 0 Å². The summed E-state index contributed by atoms with van der Waals surface area (Å²) >= 11 is 3.54. The average Bonchev–Trinajstić information content (AvgIpc) is 2.81. The lowest BCUT2D eigenvalue weighted by molar-refractivity contribution is 0.198. The molecule has 0 radical (unpaired) electrons. The van der Waals surface area contributed by atoms with Gasteiger partial charge in [-0.05, 0) is 43.4 Å². The molecule has 2 nitrogen and oxygen atoms in total. The van der Waals surface area contributed by atoms with Crippen molar-refractivity contribution in [3.05, 3.63) is 28.2 Å². The van der Waals surface area contributed by atoms with Crippen molar-refractivity contribution in [1.82, 2.24) is 0 Å². The van der Waals surface area contributed by atoms with Crippen LogP contribution in [0.25, 0.3) is 0 Å². The summed E-state index contributed by atoms with van der Waals surface area (Å²) in [6, 6.07) is 6.22. The van der Waals surface area contributed by atoms with Gasteiger partial charge >= 0.3 is 0 Å². The van der Waals surface area contributed by atoms with Crippen molar-refractivity contribution >= 4 is 21.6 Å². The first kappa shape index (κ1) is 13.9. The maximum atomic E-state index is 9.62. The van der Waals surface area contributed by atoms with Gasteiger partial charge in [0.2, 0.25) is 0 Å². The molecule has 1 saturated carbocycles. The van der Waals surface area contributed by atoms with Crippen molar-refractivity contribution in [3.63, 3.8) is 0 Å². The van der Waals surface area contributed by atoms with E-state index in [0.717, 1.165) is 22.5 Å². The zero-order valence-corrected chi connectivity index (χ0v) is 12.8. The van der Waals surface area contributed by atoms with Gasteiger partial charge in [-0.3, -0.25) is 0 Å². The Bertz CT molecular complexity index is 399. The second-order valence-electron chi connectivity index (χ2n) is 5.41. The van der Waals surface area contributed by atoms with Crippen molar-refractivity contribution < 1.29 is 5.11 Å². The number of hydrogen-bond donors (Lipinski definition) is 1. The second kappa shape index (κ2) is 6.07. The lowest BCUT2D eigenvalue weighted by atomic mass is 10.1. The number of aliphatic hydroxyl groups is 1. The molecule has 0 bridgehead atoms. The Balaban J connectivity index is 2.05. The van der Waals surface area contributed by atoms with Crippen molar-refractivity contribution in [1.29, 1.82) is 0 Å². The van der Waals surface area contributed by atoms with E-state index < -0.39 is 6.10 Å². The molecule has 3 heteroatoms. The number of nitrogens with zero attached hydrogens (tertiary/aromatic N) is 1. The molecule has 1 fully saturated rings. The molecule has 1 aliphatic rings. The third-order valence-corrected chi connectivity index (χ3v) is 4.57. The molecule has 2 rings (SSSR count). The minimum atomic E-state index is -0.423. The minimum Gasteiger partial charge on any atom is -0.389 e. The summed E-state index contributed by atoms with van der Waals surface area (Å²) in [5.41, 5.74) is 2.17. The van der Waals surface area contributed by atoms with E-state index in [-0.39, 0.29) is 0 Å². The number of hydrogen-bond acceptors (Lipinski definition) is 2. The average molecular weight is 312 g/mol. The molecule has 1 N–H and O–H groups in total. The van der Waals surface area contributed by atoms with Crippen molar-refractivity contribution in [3.8, 4) is 0 Å². The van der Waals surface area contributed by atoms with Crippen LogP contribution in [0.1, 0.15) is 44.3 Å². The van der Waals surface area contributed by atoms with E-state index in [9.17, 15) is 5.11 Å². The van der Waals surface area contributed by atoms with E-state index in [1.807, 2.05) is 6.07 Å². The SMILES string of the molecule is C[C@H](O)c1ccc(N(C)CC2CCCC2)cc1Br. The van der Waals surface area contributed by atoms with E-state index in [2.05, 4.69) is 40.0 Å². The third kappa shape index (κ3) is 3.27. The summed E-state index contributed by atoms with van der Waals surface area (Å²) in [5, 5.41) is 9.62. The van der Waals surface area contributed by atoms with E-state index in [1.54, 1.807) is 6.92 Å². The van der Waals surface area contributed by atoms with Crippen molar-refractivity contribution in [2.75, 3.05) is 18.5 Å². The predicted octanol–water partition coefficient (Wildman–Crippen LogP) is 4.13. The Morgan fingerprint density at radius 1 is 1.39 bits per heavy atom. The first-order valence-corrected chi connectivity index (χ1v) is 7.56. The predicted molar refractivity (Wildman–Crippen MR) is 80.0 cm³/mol. The second-order valence-corrected chi connectivity index (χ2v) is 6.27. The summed E-state index contributed by atoms with van der Waals surface area (Å²) < 4.78 is 0.994. The van der Waals surface area contributed by atoms with Crippen LogP contribution >= 0.6 is 15.9 Å². The van der Waals surface area contributed by atoms with Crippen LogP contribution in [0.4, 0.5) is 5.69 Å². The Kier molecular flexibility index (Phi) is 4.68. The number of halogens is 1. The highest BCUT2D eigenvalue weighted by molar-refractivity contribution is 9.10. The van der Waals surface area contributed by atoms with E-state index in [0.29, 0.717) is 0 Å². The van der Waals surface area contributed by atoms with Crippen LogP contribution in [0.3, 0.4) is 0 Å². The molecule has 1 aromatic rings. The Morgan fingerprint density at radius 3 is 2.61 bits per heavy atom. The van der Waals surface area contributed by atoms with Gasteiger partial charge in [-0.25, -0.2) is 0 Å². The molecule has 1 atom stereocenters. The molecule has 0 saturated heterocycles. The van der Waals surface area contributed by atoms with Gasteiger partial charge in [-0.2, -0.15) is 0 Å². The number of anilines is 1. The smallest absolute Gasteiger partial charge is 0.0772 e. The highest BCUT2D eigenvalue weighted by Gasteiger charge is 2.17. The number of aliphatic hydroxyl groups excluding tert-OH is 1. The lowest BCUT2D eigenvalue weighted by Crippen LogP contribution is -2.24. The number of rotatable bonds is 4. The standard InChI is InChI=1S/C15H22BrNO/c1-11(18)14-8-7-13(9-15(14)16)17(2)10-12-5-3-4-6-12/h7-9,11-12,18H,3-6,10H2,1-2H3/t11-/m0/s1. The highest BCUT2D eigenvalue weighted by Crippen LogP contribution is 2.30. The molecule has 0 aromatic heterocycles. The molecule has 0 heterocycles. The molecule has 0 aliphatic heterocycles. The van der Waals surface area contributed by atoms with Gasteiger partial charge in [0.05, 0.1) is 6.10 Å². The molecule has 0 spiro atoms. The first-order chi connectivity index (χ1) is 8.58. The number of benzene rings is 1. The lowest BCUT2D eigenvalue weighted by Gasteiger charge is -2.24. The van der Waals surface area contributed by atoms with E-state index in [1.165, 1.54) is 31.4 Å². The van der Waals surface area contributed by atoms with E-state index >= 15 is 0 Å². The van der Waals surface area contributed by atoms with Crippen LogP contribution in [0.2, 0.25) is 0 Å². The molecular formula is C15H22BrNO. The van der Waals surface area contributed by atoms with Gasteiger partial charge in [-0.15, -0.1) is 0 Å². The maximum absolute atomic E-state index is 9.62. The monoisotopic (exact) mass is 311 g/mol. The Morgan fingerprint density at radius 2 is 2.06 bits per heavy atom. The zero-order chi connectivity index (χ0) is 13.1. The molecule has 0 amide bonds. The van der Waals surface area contributed by atoms with E-state index in [4.69, 9.17) is 0 Å². The van der Waals surface area contributed by atoms with Crippen LogP contribution in [-0.4, -0.2) is 18.7 Å². The van der Waals surface area contributed by atoms with Crippen LogP contribution in [0, 0.1) is 5.92 Å². The fourth-order valence-electron chi connectivity index (χ4n) is 2.78. The molecule has 1 aliphatic carbocycles. The van der Waals surface area contributed by atoms with Gasteiger partial charge < -0.3 is 10.0 Å². The maximum Gasteiger partial charge on any atom is 0.0772 e. The molecule has 0 unspecified atom stereocenters. The summed E-state index contributed by atoms with van der Waals surface area (Å²) in [7, 11) is 2.15. The Hall–Kier alpha value is -0.540. The molecule has 1 aromatic carbocycles. The minimum absolute atomic E-state index is 0.423. The van der Waals surface area contributed by atoms with Gasteiger partial charge in [0.1, 0.15) is 0 Å². The molecule has 100 valence electrons. The highest BCUT2D eigenvalue weighted by atomic mass is 79.9. The van der Waals surface area contributed by atoms with Gasteiger partial charge in [-0.1, -0.05) is 34.8 Å². The molecule has 18 heavy (non-hydrogen) atoms. The Labute approximate surface area is 118 Å². The van der Waals surface area contributed by atoms with Crippen molar-refractivity contribution in [2.45, 2.75) is 38.7 Å². The summed E-state index contributed by atoms with van der Waals surface area (Å²) in [6.07, 6.45) is 5.11. The summed E-state index contributed by atoms with van der Waals surface area (Å²) in [6.45, 7) is 2.93. The van der Waals surface area contributed by atoms with Crippen LogP contribution < -0.4 is 4.90 Å². The summed E-state index contributed by atoms with van der Waals surface area (Å²) in [4.78, 5) is 2.33. The topological polar surface area (TPSA) is 23.5 Å². The summed E-state index contributed by atoms with van der Waals surface area (Å²) in [5.74, 6) is 0.852. The fourth-order valence-corrected chi connectivity index (χ4v) is 3.48. The normalized spacial score (nSPS) is 18.0. The third-order valence-electron chi connectivity index (χ3n) is 3.88. The molecular weight excluding hydrogens is 290 g/mol. The van der Waals surface area contributed by atoms with Gasteiger partial charge in [0.15, 0.2) is 0 Å². The van der Waals surface area contributed by atoms with Crippen LogP contribution in [-0.2, 0) is 0 Å². The van der Waals surface area contributed by atoms with Crippen LogP contribution in [0.5, 0.6) is 0 Å². The van der Waals surface area contributed by atoms with Crippen LogP contribution in [0.15, 0.2) is 22.7 Å². The van der Waals surface area contributed by atoms with Crippen molar-refractivity contribution in [2.24, 2.45) is 5.92 Å². The largest absolute Gasteiger partial charge is 0.389 e.